The molecule has 36 heavy (non-hydrogen) atoms. The van der Waals surface area contributed by atoms with E-state index in [2.05, 4.69) is 17.4 Å². The second-order valence-corrected chi connectivity index (χ2v) is 8.28. The molecule has 7 nitrogen and oxygen atoms in total. The molecule has 3 aromatic carbocycles. The number of rotatable bonds is 8. The molecule has 0 bridgehead atoms. The Morgan fingerprint density at radius 1 is 0.806 bits per heavy atom. The summed E-state index contributed by atoms with van der Waals surface area (Å²) < 4.78 is 12.3. The summed E-state index contributed by atoms with van der Waals surface area (Å²) >= 11 is 0. The Hall–Kier alpha value is -4.65. The van der Waals surface area contributed by atoms with E-state index in [0.717, 1.165) is 51.1 Å². The zero-order valence-electron chi connectivity index (χ0n) is 20.5. The molecule has 0 atom stereocenters. The van der Waals surface area contributed by atoms with Gasteiger partial charge >= 0.3 is 0 Å². The molecule has 5 rings (SSSR count). The minimum atomic E-state index is 0.524. The molecule has 0 amide bonds. The lowest BCUT2D eigenvalue weighted by Crippen LogP contribution is -2.07. The summed E-state index contributed by atoms with van der Waals surface area (Å²) in [7, 11) is 3.32. The van der Waals surface area contributed by atoms with Crippen LogP contribution >= 0.6 is 0 Å². The molecule has 0 spiro atoms. The van der Waals surface area contributed by atoms with Gasteiger partial charge in [0.2, 0.25) is 0 Å². The number of ether oxygens (including phenoxy) is 2. The molecule has 0 saturated heterocycles. The number of aryl methyl sites for hydroxylation is 1. The lowest BCUT2D eigenvalue weighted by atomic mass is 10.1. The minimum absolute atomic E-state index is 0.524. The molecule has 0 unspecified atom stereocenters. The Morgan fingerprint density at radius 2 is 1.47 bits per heavy atom. The summed E-state index contributed by atoms with van der Waals surface area (Å²) in [6.07, 6.45) is 3.97. The molecule has 0 aliphatic carbocycles. The maximum absolute atomic E-state index is 5.33. The van der Waals surface area contributed by atoms with Gasteiger partial charge in [-0.2, -0.15) is 9.61 Å². The van der Waals surface area contributed by atoms with Gasteiger partial charge in [0, 0.05) is 12.1 Å². The molecule has 2 aromatic heterocycles. The van der Waals surface area contributed by atoms with Crippen molar-refractivity contribution >= 4 is 23.7 Å². The van der Waals surface area contributed by atoms with E-state index in [9.17, 15) is 0 Å². The zero-order chi connectivity index (χ0) is 24.9. The van der Waals surface area contributed by atoms with Crippen LogP contribution in [0.4, 0.5) is 5.82 Å². The van der Waals surface area contributed by atoms with Crippen molar-refractivity contribution in [3.63, 3.8) is 0 Å². The highest BCUT2D eigenvalue weighted by Gasteiger charge is 2.17. The molecule has 0 radical (unpaired) electrons. The van der Waals surface area contributed by atoms with Crippen molar-refractivity contribution in [2.24, 2.45) is 0 Å². The summed E-state index contributed by atoms with van der Waals surface area (Å²) in [4.78, 5) is 9.70. The zero-order valence-corrected chi connectivity index (χ0v) is 20.5. The third kappa shape index (κ3) is 4.90. The SMILES string of the molecule is COc1ccc(/C=C/c2nc3nc(-c4ccc(OC)cc4)c(NCc4ccccc4)n3nc2C)cc1. The number of hydrogen-bond donors (Lipinski definition) is 1. The number of fused-ring (bicyclic) bond motifs is 1. The smallest absolute Gasteiger partial charge is 0.253 e. The Labute approximate surface area is 210 Å². The van der Waals surface area contributed by atoms with Crippen LogP contribution in [-0.4, -0.2) is 33.8 Å². The standard InChI is InChI=1S/C29H27N5O2/c1-20-26(18-11-21-9-14-24(35-2)15-10-21)31-29-32-27(23-12-16-25(36-3)17-13-23)28(34(29)33-20)30-19-22-7-5-4-6-8-22/h4-18,30H,19H2,1-3H3/b18-11+. The Kier molecular flexibility index (Phi) is 6.62. The molecule has 5 aromatic rings. The predicted octanol–water partition coefficient (Wildman–Crippen LogP) is 5.90. The summed E-state index contributed by atoms with van der Waals surface area (Å²) in [6.45, 7) is 2.59. The van der Waals surface area contributed by atoms with Crippen LogP contribution in [0.2, 0.25) is 0 Å². The van der Waals surface area contributed by atoms with Crippen LogP contribution in [0.25, 0.3) is 29.2 Å². The van der Waals surface area contributed by atoms with Crippen molar-refractivity contribution in [1.82, 2.24) is 19.6 Å². The molecule has 7 heteroatoms. The number of hydrogen-bond acceptors (Lipinski definition) is 6. The number of nitrogens with one attached hydrogen (secondary N) is 1. The number of imidazole rings is 1. The Morgan fingerprint density at radius 3 is 2.14 bits per heavy atom. The van der Waals surface area contributed by atoms with Gasteiger partial charge in [-0.15, -0.1) is 0 Å². The Balaban J connectivity index is 1.53. The third-order valence-electron chi connectivity index (χ3n) is 5.89. The van der Waals surface area contributed by atoms with Crippen molar-refractivity contribution in [2.45, 2.75) is 13.5 Å². The van der Waals surface area contributed by atoms with Crippen LogP contribution < -0.4 is 14.8 Å². The van der Waals surface area contributed by atoms with Crippen molar-refractivity contribution in [2.75, 3.05) is 19.5 Å². The summed E-state index contributed by atoms with van der Waals surface area (Å²) in [5.41, 5.74) is 5.50. The fraction of sp³-hybridized carbons (Fsp3) is 0.138. The van der Waals surface area contributed by atoms with Gasteiger partial charge in [0.05, 0.1) is 25.6 Å². The first-order chi connectivity index (χ1) is 17.6. The van der Waals surface area contributed by atoms with Crippen LogP contribution in [0.15, 0.2) is 78.9 Å². The molecule has 2 heterocycles. The predicted molar refractivity (Wildman–Crippen MR) is 143 cm³/mol. The van der Waals surface area contributed by atoms with Gasteiger partial charge in [0.1, 0.15) is 17.2 Å². The van der Waals surface area contributed by atoms with E-state index in [1.165, 1.54) is 0 Å². The second-order valence-electron chi connectivity index (χ2n) is 8.28. The monoisotopic (exact) mass is 477 g/mol. The normalized spacial score (nSPS) is 11.2. The van der Waals surface area contributed by atoms with E-state index in [4.69, 9.17) is 24.5 Å². The lowest BCUT2D eigenvalue weighted by molar-refractivity contribution is 0.414. The fourth-order valence-corrected chi connectivity index (χ4v) is 3.90. The quantitative estimate of drug-likeness (QED) is 0.300. The van der Waals surface area contributed by atoms with Crippen molar-refractivity contribution in [3.8, 4) is 22.8 Å². The highest BCUT2D eigenvalue weighted by atomic mass is 16.5. The Bertz CT molecular complexity index is 1490. The fourth-order valence-electron chi connectivity index (χ4n) is 3.90. The van der Waals surface area contributed by atoms with E-state index < -0.39 is 0 Å². The van der Waals surface area contributed by atoms with Gasteiger partial charge in [-0.3, -0.25) is 0 Å². The van der Waals surface area contributed by atoms with Crippen molar-refractivity contribution < 1.29 is 9.47 Å². The number of anilines is 1. The summed E-state index contributed by atoms with van der Waals surface area (Å²) in [5, 5.41) is 8.37. The second kappa shape index (κ2) is 10.3. The minimum Gasteiger partial charge on any atom is -0.497 e. The van der Waals surface area contributed by atoms with Gasteiger partial charge < -0.3 is 14.8 Å². The maximum Gasteiger partial charge on any atom is 0.253 e. The van der Waals surface area contributed by atoms with E-state index in [1.807, 2.05) is 85.8 Å². The van der Waals surface area contributed by atoms with E-state index >= 15 is 0 Å². The number of methoxy groups -OCH3 is 2. The lowest BCUT2D eigenvalue weighted by Gasteiger charge is -2.09. The molecule has 0 saturated carbocycles. The molecular weight excluding hydrogens is 450 g/mol. The molecular formula is C29H27N5O2. The highest BCUT2D eigenvalue weighted by Crippen LogP contribution is 2.30. The average molecular weight is 478 g/mol. The van der Waals surface area contributed by atoms with Crippen LogP contribution in [0.3, 0.4) is 0 Å². The first-order valence-electron chi connectivity index (χ1n) is 11.7. The van der Waals surface area contributed by atoms with Crippen LogP contribution in [0.1, 0.15) is 22.5 Å². The van der Waals surface area contributed by atoms with E-state index in [-0.39, 0.29) is 0 Å². The topological polar surface area (TPSA) is 73.6 Å². The number of benzene rings is 3. The largest absolute Gasteiger partial charge is 0.497 e. The van der Waals surface area contributed by atoms with Crippen LogP contribution in [-0.2, 0) is 6.54 Å². The van der Waals surface area contributed by atoms with E-state index in [1.54, 1.807) is 18.7 Å². The maximum atomic E-state index is 5.33. The molecule has 180 valence electrons. The molecule has 1 N–H and O–H groups in total. The number of aromatic nitrogens is 4. The summed E-state index contributed by atoms with van der Waals surface area (Å²) in [5.74, 6) is 2.93. The van der Waals surface area contributed by atoms with Gasteiger partial charge in [0.25, 0.3) is 5.78 Å². The highest BCUT2D eigenvalue weighted by molar-refractivity contribution is 5.76. The molecule has 0 fully saturated rings. The first-order valence-corrected chi connectivity index (χ1v) is 11.7. The molecule has 0 aliphatic rings. The van der Waals surface area contributed by atoms with Crippen molar-refractivity contribution in [1.29, 1.82) is 0 Å². The van der Waals surface area contributed by atoms with Gasteiger partial charge in [-0.25, -0.2) is 9.97 Å². The van der Waals surface area contributed by atoms with Crippen LogP contribution in [0.5, 0.6) is 11.5 Å². The average Bonchev–Trinajstić information content (AvgIpc) is 3.28. The number of nitrogens with zero attached hydrogens (tertiary/aromatic N) is 4. The van der Waals surface area contributed by atoms with Gasteiger partial charge in [0.15, 0.2) is 5.82 Å². The van der Waals surface area contributed by atoms with Crippen molar-refractivity contribution in [3.05, 3.63) is 101 Å². The van der Waals surface area contributed by atoms with Gasteiger partial charge in [-0.1, -0.05) is 48.5 Å². The summed E-state index contributed by atoms with van der Waals surface area (Å²) in [6, 6.07) is 25.9. The third-order valence-corrected chi connectivity index (χ3v) is 5.89. The first kappa shape index (κ1) is 23.1. The van der Waals surface area contributed by atoms with Gasteiger partial charge in [-0.05, 0) is 60.5 Å². The van der Waals surface area contributed by atoms with Crippen LogP contribution in [0, 0.1) is 6.92 Å². The molecule has 0 aliphatic heterocycles. The van der Waals surface area contributed by atoms with E-state index in [0.29, 0.717) is 12.3 Å².